The maximum absolute atomic E-state index is 13.3. The van der Waals surface area contributed by atoms with Crippen LogP contribution in [0.2, 0.25) is 5.02 Å². The summed E-state index contributed by atoms with van der Waals surface area (Å²) in [5.41, 5.74) is 3.07. The highest BCUT2D eigenvalue weighted by molar-refractivity contribution is 9.11. The molecule has 7 heteroatoms. The molecule has 0 aliphatic carbocycles. The Kier molecular flexibility index (Phi) is 5.67. The molecule has 0 N–H and O–H groups in total. The van der Waals surface area contributed by atoms with Crippen LogP contribution in [-0.4, -0.2) is 15.9 Å². The van der Waals surface area contributed by atoms with Crippen LogP contribution in [0.3, 0.4) is 0 Å². The van der Waals surface area contributed by atoms with Crippen molar-refractivity contribution in [1.29, 1.82) is 0 Å². The zero-order chi connectivity index (χ0) is 20.5. The van der Waals surface area contributed by atoms with Crippen LogP contribution in [0.25, 0.3) is 22.3 Å². The van der Waals surface area contributed by atoms with Gasteiger partial charge in [0.25, 0.3) is 5.56 Å². The van der Waals surface area contributed by atoms with Crippen molar-refractivity contribution in [2.24, 2.45) is 5.10 Å². The minimum absolute atomic E-state index is 0.258. The number of benzene rings is 3. The Morgan fingerprint density at radius 1 is 1.07 bits per heavy atom. The average molecular weight is 532 g/mol. The molecule has 4 rings (SSSR count). The van der Waals surface area contributed by atoms with Gasteiger partial charge in [-0.05, 0) is 64.8 Å². The first-order valence-corrected chi connectivity index (χ1v) is 10.7. The number of hydrogen-bond acceptors (Lipinski definition) is 3. The Hall–Kier alpha value is -2.28. The van der Waals surface area contributed by atoms with Crippen LogP contribution in [0, 0.1) is 6.92 Å². The summed E-state index contributed by atoms with van der Waals surface area (Å²) in [7, 11) is 0. The van der Waals surface area contributed by atoms with Crippen molar-refractivity contribution >= 4 is 60.6 Å². The third-order valence-corrected chi connectivity index (χ3v) is 5.65. The molecular weight excluding hydrogens is 518 g/mol. The summed E-state index contributed by atoms with van der Waals surface area (Å²) in [6.07, 6.45) is 1.66. The first kappa shape index (κ1) is 20.0. The van der Waals surface area contributed by atoms with Crippen molar-refractivity contribution in [2.45, 2.75) is 6.92 Å². The molecule has 0 unspecified atom stereocenters. The Labute approximate surface area is 189 Å². The quantitative estimate of drug-likeness (QED) is 0.286. The van der Waals surface area contributed by atoms with Crippen LogP contribution in [0.4, 0.5) is 0 Å². The van der Waals surface area contributed by atoms with Crippen LogP contribution in [0.5, 0.6) is 0 Å². The lowest BCUT2D eigenvalue weighted by Gasteiger charge is -2.11. The lowest BCUT2D eigenvalue weighted by Crippen LogP contribution is -2.20. The van der Waals surface area contributed by atoms with Gasteiger partial charge in [-0.1, -0.05) is 57.4 Å². The number of aromatic nitrogens is 2. The summed E-state index contributed by atoms with van der Waals surface area (Å²) in [6.45, 7) is 2.01. The normalized spacial score (nSPS) is 11.4. The van der Waals surface area contributed by atoms with E-state index in [1.807, 2.05) is 49.4 Å². The van der Waals surface area contributed by atoms with Gasteiger partial charge in [0, 0.05) is 19.5 Å². The lowest BCUT2D eigenvalue weighted by molar-refractivity contribution is 0.829. The van der Waals surface area contributed by atoms with Crippen molar-refractivity contribution in [3.05, 3.63) is 96.1 Å². The Bertz CT molecular complexity index is 1310. The Morgan fingerprint density at radius 2 is 1.83 bits per heavy atom. The average Bonchev–Trinajstić information content (AvgIpc) is 2.68. The highest BCUT2D eigenvalue weighted by atomic mass is 79.9. The van der Waals surface area contributed by atoms with Crippen molar-refractivity contribution < 1.29 is 0 Å². The van der Waals surface area contributed by atoms with Crippen LogP contribution < -0.4 is 5.56 Å². The fraction of sp³-hybridized carbons (Fsp3) is 0.0455. The fourth-order valence-corrected chi connectivity index (χ4v) is 4.41. The molecule has 0 aliphatic heterocycles. The molecule has 0 saturated carbocycles. The molecule has 1 heterocycles. The molecule has 0 bridgehead atoms. The number of fused-ring (bicyclic) bond motifs is 1. The second-order valence-electron chi connectivity index (χ2n) is 6.50. The second kappa shape index (κ2) is 8.22. The number of aryl methyl sites for hydroxylation is 1. The van der Waals surface area contributed by atoms with Crippen molar-refractivity contribution in [2.75, 3.05) is 0 Å². The molecule has 4 nitrogen and oxygen atoms in total. The van der Waals surface area contributed by atoms with E-state index in [1.54, 1.807) is 24.4 Å². The number of halogens is 3. The van der Waals surface area contributed by atoms with Crippen molar-refractivity contribution in [3.63, 3.8) is 0 Å². The third-order valence-electron chi connectivity index (χ3n) is 4.34. The molecule has 29 heavy (non-hydrogen) atoms. The predicted octanol–water partition coefficient (Wildman–Crippen LogP) is 6.43. The number of hydrogen-bond donors (Lipinski definition) is 0. The van der Waals surface area contributed by atoms with E-state index in [0.29, 0.717) is 21.7 Å². The van der Waals surface area contributed by atoms with E-state index in [9.17, 15) is 4.79 Å². The Balaban J connectivity index is 1.99. The molecule has 0 aliphatic rings. The summed E-state index contributed by atoms with van der Waals surface area (Å²) >= 11 is 13.0. The topological polar surface area (TPSA) is 47.2 Å². The first-order chi connectivity index (χ1) is 13.9. The molecule has 1 aromatic heterocycles. The van der Waals surface area contributed by atoms with E-state index in [4.69, 9.17) is 16.6 Å². The second-order valence-corrected chi connectivity index (χ2v) is 8.71. The van der Waals surface area contributed by atoms with Gasteiger partial charge >= 0.3 is 0 Å². The zero-order valence-corrected chi connectivity index (χ0v) is 19.2. The maximum atomic E-state index is 13.3. The van der Waals surface area contributed by atoms with Crippen LogP contribution in [0.15, 0.2) is 79.5 Å². The molecule has 0 atom stereocenters. The Morgan fingerprint density at radius 3 is 2.55 bits per heavy atom. The third kappa shape index (κ3) is 4.20. The van der Waals surface area contributed by atoms with Gasteiger partial charge in [-0.2, -0.15) is 9.78 Å². The molecule has 3 aromatic carbocycles. The highest BCUT2D eigenvalue weighted by Crippen LogP contribution is 2.28. The predicted molar refractivity (Wildman–Crippen MR) is 126 cm³/mol. The maximum Gasteiger partial charge on any atom is 0.282 e. The van der Waals surface area contributed by atoms with Crippen LogP contribution >= 0.6 is 43.5 Å². The molecule has 144 valence electrons. The van der Waals surface area contributed by atoms with E-state index in [1.165, 1.54) is 4.68 Å². The largest absolute Gasteiger partial charge is 0.282 e. The highest BCUT2D eigenvalue weighted by Gasteiger charge is 2.15. The SMILES string of the molecule is Cc1cccc(/C=N/n2c(-c3ccc(Cl)cc3)nc3c(Br)cc(Br)cc3c2=O)c1. The van der Waals surface area contributed by atoms with E-state index >= 15 is 0 Å². The van der Waals surface area contributed by atoms with Gasteiger partial charge in [-0.25, -0.2) is 4.98 Å². The smallest absolute Gasteiger partial charge is 0.267 e. The van der Waals surface area contributed by atoms with Gasteiger partial charge < -0.3 is 0 Å². The number of rotatable bonds is 3. The van der Waals surface area contributed by atoms with E-state index in [-0.39, 0.29) is 5.56 Å². The number of nitrogens with zero attached hydrogens (tertiary/aromatic N) is 3. The molecular formula is C22H14Br2ClN3O. The zero-order valence-electron chi connectivity index (χ0n) is 15.2. The fourth-order valence-electron chi connectivity index (χ4n) is 2.97. The van der Waals surface area contributed by atoms with E-state index in [2.05, 4.69) is 37.0 Å². The minimum Gasteiger partial charge on any atom is -0.267 e. The van der Waals surface area contributed by atoms with Gasteiger partial charge in [0.15, 0.2) is 5.82 Å². The summed E-state index contributed by atoms with van der Waals surface area (Å²) in [6, 6.07) is 18.7. The molecule has 0 saturated heterocycles. The van der Waals surface area contributed by atoms with Crippen molar-refractivity contribution in [3.8, 4) is 11.4 Å². The van der Waals surface area contributed by atoms with Crippen LogP contribution in [0.1, 0.15) is 11.1 Å². The van der Waals surface area contributed by atoms with Gasteiger partial charge in [0.05, 0.1) is 17.1 Å². The van der Waals surface area contributed by atoms with Gasteiger partial charge in [-0.3, -0.25) is 4.79 Å². The summed E-state index contributed by atoms with van der Waals surface area (Å²) in [4.78, 5) is 18.1. The summed E-state index contributed by atoms with van der Waals surface area (Å²) in [5, 5.41) is 5.55. The molecule has 0 radical (unpaired) electrons. The summed E-state index contributed by atoms with van der Waals surface area (Å²) < 4.78 is 2.83. The monoisotopic (exact) mass is 529 g/mol. The van der Waals surface area contributed by atoms with Crippen LogP contribution in [-0.2, 0) is 0 Å². The van der Waals surface area contributed by atoms with E-state index < -0.39 is 0 Å². The molecule has 4 aromatic rings. The summed E-state index contributed by atoms with van der Waals surface area (Å²) in [5.74, 6) is 0.436. The molecule has 0 spiro atoms. The van der Waals surface area contributed by atoms with Gasteiger partial charge in [0.2, 0.25) is 0 Å². The van der Waals surface area contributed by atoms with Gasteiger partial charge in [0.1, 0.15) is 0 Å². The minimum atomic E-state index is -0.258. The van der Waals surface area contributed by atoms with Crippen molar-refractivity contribution in [1.82, 2.24) is 9.66 Å². The molecule has 0 fully saturated rings. The first-order valence-electron chi connectivity index (χ1n) is 8.71. The van der Waals surface area contributed by atoms with E-state index in [0.717, 1.165) is 25.6 Å². The van der Waals surface area contributed by atoms with Gasteiger partial charge in [-0.15, -0.1) is 0 Å². The molecule has 0 amide bonds. The lowest BCUT2D eigenvalue weighted by atomic mass is 10.1. The standard InChI is InChI=1S/C22H14Br2ClN3O/c1-13-3-2-4-14(9-13)12-26-28-21(15-5-7-17(25)8-6-15)27-20-18(22(28)29)10-16(23)11-19(20)24/h2-12H,1H3/b26-12+.